The lowest BCUT2D eigenvalue weighted by molar-refractivity contribution is -0.122. The zero-order chi connectivity index (χ0) is 49.5. The van der Waals surface area contributed by atoms with Crippen LogP contribution in [-0.4, -0.2) is 75.4 Å². The number of aldehydes is 1. The zero-order valence-corrected chi connectivity index (χ0v) is 37.6. The standard InChI is InChI=1S/C25H22F2N4O4.C13H16FN3O2.C12H6FNO3/c26-13-1-6-21-18(7-13)23-19(25(33)35-21)9-16(30-23)11-28-15-2-4-17(5-3-15)31-20-8-14(27)10-29-24(20)34-12-22(31)32;14-8-5-11-13(16-6-8)19-7-12(18)17(11)10-3-1-9(15)2-4-10;13-6-1-2-10-8(3-6)11-9(12(16)17-10)4-7(5-15)14-11/h1,6-10,15,17,28,30H,2-5,11-12H2;5-6,9-10H,1-4,7,15H2;1-5,14H. The molecule has 71 heavy (non-hydrogen) atoms. The second kappa shape index (κ2) is 19.5. The highest BCUT2D eigenvalue weighted by atomic mass is 19.1. The van der Waals surface area contributed by atoms with Gasteiger partial charge in [-0.15, -0.1) is 0 Å². The van der Waals surface area contributed by atoms with Gasteiger partial charge in [0.15, 0.2) is 19.5 Å². The van der Waals surface area contributed by atoms with Gasteiger partial charge in [-0.05, 0) is 99.9 Å². The molecule has 21 heteroatoms. The van der Waals surface area contributed by atoms with Gasteiger partial charge < -0.3 is 49.1 Å². The van der Waals surface area contributed by atoms with Crippen LogP contribution in [0.1, 0.15) is 67.5 Å². The number of nitrogens with zero attached hydrogens (tertiary/aromatic N) is 4. The molecule has 0 bridgehead atoms. The van der Waals surface area contributed by atoms with Crippen molar-refractivity contribution in [3.8, 4) is 11.8 Å². The van der Waals surface area contributed by atoms with Crippen LogP contribution in [0.25, 0.3) is 43.7 Å². The molecule has 8 heterocycles. The summed E-state index contributed by atoms with van der Waals surface area (Å²) in [7, 11) is 0. The monoisotopic (exact) mass is 976 g/mol. The molecular weight excluding hydrogens is 933 g/mol. The third-order valence-electron chi connectivity index (χ3n) is 13.2. The van der Waals surface area contributed by atoms with Crippen molar-refractivity contribution in [3.63, 3.8) is 0 Å². The minimum Gasteiger partial charge on any atom is -0.466 e. The number of aromatic nitrogens is 4. The van der Waals surface area contributed by atoms with E-state index < -0.39 is 34.5 Å². The first kappa shape index (κ1) is 46.8. The number of aromatic amines is 2. The topological polar surface area (TPSA) is 232 Å². The highest BCUT2D eigenvalue weighted by Crippen LogP contribution is 2.37. The van der Waals surface area contributed by atoms with E-state index in [-0.39, 0.29) is 71.7 Å². The van der Waals surface area contributed by atoms with Gasteiger partial charge in [0.05, 0.1) is 39.9 Å². The Morgan fingerprint density at radius 1 is 0.620 bits per heavy atom. The summed E-state index contributed by atoms with van der Waals surface area (Å²) in [5, 5.41) is 5.09. The molecule has 2 saturated carbocycles. The van der Waals surface area contributed by atoms with Gasteiger partial charge in [-0.1, -0.05) is 0 Å². The van der Waals surface area contributed by atoms with Crippen molar-refractivity contribution >= 4 is 73.2 Å². The highest BCUT2D eigenvalue weighted by Gasteiger charge is 2.36. The summed E-state index contributed by atoms with van der Waals surface area (Å²) in [4.78, 5) is 76.4. The number of halogens is 4. The summed E-state index contributed by atoms with van der Waals surface area (Å²) >= 11 is 0. The number of rotatable bonds is 6. The second-order valence-electron chi connectivity index (χ2n) is 17.8. The number of ether oxygens (including phenoxy) is 2. The number of amides is 2. The fourth-order valence-electron chi connectivity index (χ4n) is 9.79. The zero-order valence-electron chi connectivity index (χ0n) is 37.6. The van der Waals surface area contributed by atoms with E-state index in [1.807, 2.05) is 0 Å². The van der Waals surface area contributed by atoms with Crippen LogP contribution in [0, 0.1) is 23.3 Å². The molecule has 0 atom stereocenters. The molecule has 0 unspecified atom stereocenters. The van der Waals surface area contributed by atoms with Gasteiger partial charge in [-0.3, -0.25) is 14.4 Å². The van der Waals surface area contributed by atoms with Gasteiger partial charge in [-0.2, -0.15) is 0 Å². The SMILES string of the molecule is NC1CCC(N2C(=O)COc3ncc(F)cc32)CC1.O=C1COc2ncc(F)cc2N1C1CCC(NCc2cc3c(=O)oc4ccc(F)cc4c3[nH]2)CC1.O=Cc1cc2c(=O)oc3ccc(F)cc3c2[nH]1. The minimum atomic E-state index is -0.552. The maximum Gasteiger partial charge on any atom is 0.345 e. The van der Waals surface area contributed by atoms with Crippen molar-refractivity contribution in [1.29, 1.82) is 0 Å². The van der Waals surface area contributed by atoms with Crippen molar-refractivity contribution in [2.24, 2.45) is 5.73 Å². The highest BCUT2D eigenvalue weighted by molar-refractivity contribution is 6.04. The smallest absolute Gasteiger partial charge is 0.345 e. The third-order valence-corrected chi connectivity index (χ3v) is 13.2. The number of hydrogen-bond acceptors (Lipinski definition) is 13. The molecule has 8 aromatic rings. The van der Waals surface area contributed by atoms with Crippen LogP contribution in [0.15, 0.2) is 91.5 Å². The number of carbonyl (C=O) groups excluding carboxylic acids is 3. The molecule has 0 radical (unpaired) electrons. The van der Waals surface area contributed by atoms with E-state index in [0.29, 0.717) is 62.9 Å². The Hall–Kier alpha value is -7.91. The summed E-state index contributed by atoms with van der Waals surface area (Å²) in [5.41, 5.74) is 8.32. The Bertz CT molecular complexity index is 3490. The molecule has 2 fully saturated rings. The summed E-state index contributed by atoms with van der Waals surface area (Å²) in [6, 6.07) is 14.1. The van der Waals surface area contributed by atoms with E-state index in [1.54, 1.807) is 15.9 Å². The van der Waals surface area contributed by atoms with Gasteiger partial charge in [-0.25, -0.2) is 37.1 Å². The first-order valence-electron chi connectivity index (χ1n) is 22.9. The molecule has 0 saturated heterocycles. The van der Waals surface area contributed by atoms with Crippen LogP contribution in [0.2, 0.25) is 0 Å². The number of hydrogen-bond donors (Lipinski definition) is 4. The Balaban J connectivity index is 0.000000136. The number of anilines is 2. The predicted molar refractivity (Wildman–Crippen MR) is 251 cm³/mol. The van der Waals surface area contributed by atoms with Crippen molar-refractivity contribution in [2.75, 3.05) is 23.0 Å². The van der Waals surface area contributed by atoms with Gasteiger partial charge >= 0.3 is 11.3 Å². The van der Waals surface area contributed by atoms with E-state index in [1.165, 1.54) is 54.6 Å². The van der Waals surface area contributed by atoms with Crippen LogP contribution in [0.3, 0.4) is 0 Å². The quantitative estimate of drug-likeness (QED) is 0.0734. The van der Waals surface area contributed by atoms with Crippen molar-refractivity contribution < 1.29 is 50.3 Å². The minimum absolute atomic E-state index is 0.0335. The largest absolute Gasteiger partial charge is 0.466 e. The molecule has 2 amide bonds. The van der Waals surface area contributed by atoms with Crippen LogP contribution in [0.4, 0.5) is 28.9 Å². The molecule has 0 spiro atoms. The maximum absolute atomic E-state index is 13.8. The summed E-state index contributed by atoms with van der Waals surface area (Å²) in [6.07, 6.45) is 9.36. The number of fused-ring (bicyclic) bond motifs is 8. The third kappa shape index (κ3) is 9.57. The van der Waals surface area contributed by atoms with E-state index >= 15 is 0 Å². The van der Waals surface area contributed by atoms with Gasteiger partial charge in [0, 0.05) is 59.3 Å². The molecule has 2 aliphatic heterocycles. The van der Waals surface area contributed by atoms with E-state index in [9.17, 15) is 41.5 Å². The molecule has 2 aliphatic carbocycles. The van der Waals surface area contributed by atoms with Gasteiger partial charge in [0.1, 0.15) is 45.8 Å². The Morgan fingerprint density at radius 2 is 1.11 bits per heavy atom. The Labute approximate surface area is 398 Å². The predicted octanol–water partition coefficient (Wildman–Crippen LogP) is 7.22. The van der Waals surface area contributed by atoms with Crippen LogP contribution in [0.5, 0.6) is 11.8 Å². The van der Waals surface area contributed by atoms with Crippen LogP contribution < -0.4 is 41.6 Å². The maximum atomic E-state index is 13.8. The van der Waals surface area contributed by atoms with E-state index in [0.717, 1.165) is 69.5 Å². The number of benzene rings is 2. The lowest BCUT2D eigenvalue weighted by Crippen LogP contribution is -2.49. The normalized spacial score (nSPS) is 19.8. The second-order valence-corrected chi connectivity index (χ2v) is 17.8. The summed E-state index contributed by atoms with van der Waals surface area (Å²) < 4.78 is 75.0. The van der Waals surface area contributed by atoms with E-state index in [2.05, 4.69) is 25.3 Å². The summed E-state index contributed by atoms with van der Waals surface area (Å²) in [5.74, 6) is -1.53. The average molecular weight is 977 g/mol. The average Bonchev–Trinajstić information content (AvgIpc) is 4.02. The number of nitrogens with one attached hydrogen (secondary N) is 3. The van der Waals surface area contributed by atoms with Gasteiger partial charge in [0.25, 0.3) is 11.8 Å². The molecule has 17 nitrogen and oxygen atoms in total. The molecule has 4 aliphatic rings. The number of pyridine rings is 2. The van der Waals surface area contributed by atoms with Crippen molar-refractivity contribution in [1.82, 2.24) is 25.3 Å². The van der Waals surface area contributed by atoms with Crippen molar-refractivity contribution in [3.05, 3.63) is 129 Å². The van der Waals surface area contributed by atoms with E-state index in [4.69, 9.17) is 24.0 Å². The number of carbonyl (C=O) groups is 3. The van der Waals surface area contributed by atoms with Crippen LogP contribution in [-0.2, 0) is 16.1 Å². The van der Waals surface area contributed by atoms with Crippen LogP contribution >= 0.6 is 0 Å². The first-order chi connectivity index (χ1) is 34.3. The molecule has 5 N–H and O–H groups in total. The van der Waals surface area contributed by atoms with Gasteiger partial charge in [0.2, 0.25) is 11.8 Å². The molecule has 366 valence electrons. The Kier molecular flexibility index (Phi) is 12.8. The lowest BCUT2D eigenvalue weighted by atomic mass is 9.89. The molecular formula is C50H44F4N8O9. The fourth-order valence-corrected chi connectivity index (χ4v) is 9.79. The molecule has 6 aromatic heterocycles. The lowest BCUT2D eigenvalue weighted by Gasteiger charge is -2.39. The van der Waals surface area contributed by atoms with Crippen molar-refractivity contribution in [2.45, 2.75) is 82.1 Å². The fraction of sp³-hybridized carbons (Fsp3) is 0.300. The number of H-pyrrole nitrogens is 2. The molecule has 12 rings (SSSR count). The molecule has 2 aromatic carbocycles. The Morgan fingerprint density at radius 3 is 1.63 bits per heavy atom. The number of nitrogens with two attached hydrogens (primary N) is 1. The first-order valence-corrected chi connectivity index (χ1v) is 22.9. The summed E-state index contributed by atoms with van der Waals surface area (Å²) in [6.45, 7) is 0.361.